The molecule has 1 atom stereocenters. The number of hydrogen-bond donors (Lipinski definition) is 3. The quantitative estimate of drug-likeness (QED) is 0.462. The Kier molecular flexibility index (Phi) is 7.28. The topological polar surface area (TPSA) is 83.8 Å². The van der Waals surface area contributed by atoms with Crippen LogP contribution in [0.3, 0.4) is 0 Å². The van der Waals surface area contributed by atoms with E-state index >= 15 is 0 Å². The summed E-state index contributed by atoms with van der Waals surface area (Å²) in [7, 11) is 0. The SMILES string of the molecule is Cc1[nH]c([C@H](Cc2ccccc2)NC(=O)[C@H]2CC[C@H](CN)CC2)nc1-c1cccc(Cl)c1. The third-order valence-corrected chi connectivity index (χ3v) is 6.72. The number of carbonyl (C=O) groups is 1. The minimum Gasteiger partial charge on any atom is -0.346 e. The first-order chi connectivity index (χ1) is 15.5. The van der Waals surface area contributed by atoms with Crippen molar-refractivity contribution in [3.63, 3.8) is 0 Å². The minimum absolute atomic E-state index is 0.0412. The molecule has 0 bridgehead atoms. The summed E-state index contributed by atoms with van der Waals surface area (Å²) < 4.78 is 0. The highest BCUT2D eigenvalue weighted by molar-refractivity contribution is 6.30. The predicted molar refractivity (Wildman–Crippen MR) is 129 cm³/mol. The number of aryl methyl sites for hydroxylation is 1. The molecule has 3 aromatic rings. The molecule has 0 aliphatic heterocycles. The van der Waals surface area contributed by atoms with E-state index in [1.807, 2.05) is 49.4 Å². The van der Waals surface area contributed by atoms with Gasteiger partial charge in [0, 0.05) is 22.2 Å². The van der Waals surface area contributed by atoms with Crippen LogP contribution in [-0.4, -0.2) is 22.4 Å². The third kappa shape index (κ3) is 5.40. The number of H-pyrrole nitrogens is 1. The monoisotopic (exact) mass is 450 g/mol. The number of nitrogens with two attached hydrogens (primary N) is 1. The molecule has 1 heterocycles. The van der Waals surface area contributed by atoms with Gasteiger partial charge in [-0.25, -0.2) is 4.98 Å². The number of amides is 1. The average molecular weight is 451 g/mol. The van der Waals surface area contributed by atoms with E-state index in [1.165, 1.54) is 0 Å². The molecule has 4 N–H and O–H groups in total. The zero-order valence-electron chi connectivity index (χ0n) is 18.5. The van der Waals surface area contributed by atoms with Gasteiger partial charge in [-0.1, -0.05) is 54.1 Å². The van der Waals surface area contributed by atoms with Crippen LogP contribution in [0.25, 0.3) is 11.3 Å². The number of imidazole rings is 1. The van der Waals surface area contributed by atoms with Crippen molar-refractivity contribution in [3.05, 3.63) is 76.7 Å². The Bertz CT molecular complexity index is 1040. The van der Waals surface area contributed by atoms with E-state index in [2.05, 4.69) is 22.4 Å². The first-order valence-electron chi connectivity index (χ1n) is 11.4. The molecule has 32 heavy (non-hydrogen) atoms. The molecular weight excluding hydrogens is 420 g/mol. The highest BCUT2D eigenvalue weighted by Gasteiger charge is 2.28. The van der Waals surface area contributed by atoms with Crippen LogP contribution in [0.5, 0.6) is 0 Å². The minimum atomic E-state index is -0.233. The lowest BCUT2D eigenvalue weighted by atomic mass is 9.81. The molecule has 5 nitrogen and oxygen atoms in total. The summed E-state index contributed by atoms with van der Waals surface area (Å²) >= 11 is 6.20. The van der Waals surface area contributed by atoms with Gasteiger partial charge in [0.2, 0.25) is 5.91 Å². The van der Waals surface area contributed by atoms with Gasteiger partial charge in [-0.15, -0.1) is 0 Å². The number of carbonyl (C=O) groups excluding carboxylic acids is 1. The van der Waals surface area contributed by atoms with Crippen LogP contribution < -0.4 is 11.1 Å². The molecule has 0 spiro atoms. The molecule has 1 fully saturated rings. The van der Waals surface area contributed by atoms with Crippen LogP contribution in [0.1, 0.15) is 48.8 Å². The summed E-state index contributed by atoms with van der Waals surface area (Å²) in [6.45, 7) is 2.71. The summed E-state index contributed by atoms with van der Waals surface area (Å²) in [5, 5.41) is 3.97. The summed E-state index contributed by atoms with van der Waals surface area (Å²) in [6, 6.07) is 17.7. The molecule has 168 valence electrons. The van der Waals surface area contributed by atoms with Crippen molar-refractivity contribution in [2.75, 3.05) is 6.54 Å². The van der Waals surface area contributed by atoms with Crippen molar-refractivity contribution in [2.24, 2.45) is 17.6 Å². The van der Waals surface area contributed by atoms with Crippen molar-refractivity contribution in [3.8, 4) is 11.3 Å². The summed E-state index contributed by atoms with van der Waals surface area (Å²) in [4.78, 5) is 21.5. The maximum absolute atomic E-state index is 13.2. The molecule has 1 aliphatic rings. The Hall–Kier alpha value is -2.63. The molecule has 0 radical (unpaired) electrons. The standard InChI is InChI=1S/C26H31ClN4O/c1-17-24(21-8-5-9-22(27)15-21)31-25(29-17)23(14-18-6-3-2-4-7-18)30-26(32)20-12-10-19(16-28)11-13-20/h2-9,15,19-20,23H,10-14,16,28H2,1H3,(H,29,31)(H,30,32)/t19-,20-,23-/m0/s1. The van der Waals surface area contributed by atoms with Gasteiger partial charge in [0.25, 0.3) is 0 Å². The number of aromatic nitrogens is 2. The van der Waals surface area contributed by atoms with Crippen LogP contribution in [-0.2, 0) is 11.2 Å². The lowest BCUT2D eigenvalue weighted by Crippen LogP contribution is -2.37. The average Bonchev–Trinajstić information content (AvgIpc) is 3.21. The third-order valence-electron chi connectivity index (χ3n) is 6.48. The highest BCUT2D eigenvalue weighted by Crippen LogP contribution is 2.30. The summed E-state index contributed by atoms with van der Waals surface area (Å²) in [5.74, 6) is 1.47. The molecule has 1 amide bonds. The van der Waals surface area contributed by atoms with Gasteiger partial charge in [-0.2, -0.15) is 0 Å². The number of nitrogens with one attached hydrogen (secondary N) is 2. The van der Waals surface area contributed by atoms with Gasteiger partial charge in [0.05, 0.1) is 11.7 Å². The molecule has 4 rings (SSSR count). The second-order valence-corrected chi connectivity index (χ2v) is 9.25. The highest BCUT2D eigenvalue weighted by atomic mass is 35.5. The lowest BCUT2D eigenvalue weighted by molar-refractivity contribution is -0.127. The van der Waals surface area contributed by atoms with E-state index in [0.717, 1.165) is 54.0 Å². The van der Waals surface area contributed by atoms with Gasteiger partial charge < -0.3 is 16.0 Å². The Morgan fingerprint density at radius 2 is 1.91 bits per heavy atom. The first kappa shape index (κ1) is 22.6. The van der Waals surface area contributed by atoms with E-state index in [9.17, 15) is 4.79 Å². The fourth-order valence-electron chi connectivity index (χ4n) is 4.58. The van der Waals surface area contributed by atoms with Crippen LogP contribution >= 0.6 is 11.6 Å². The van der Waals surface area contributed by atoms with Gasteiger partial charge in [-0.05, 0) is 69.2 Å². The van der Waals surface area contributed by atoms with Crippen LogP contribution in [0.4, 0.5) is 0 Å². The zero-order valence-corrected chi connectivity index (χ0v) is 19.2. The first-order valence-corrected chi connectivity index (χ1v) is 11.8. The molecule has 6 heteroatoms. The van der Waals surface area contributed by atoms with E-state index in [0.29, 0.717) is 23.9 Å². The van der Waals surface area contributed by atoms with Crippen molar-refractivity contribution >= 4 is 17.5 Å². The molecule has 1 aromatic heterocycles. The molecule has 1 saturated carbocycles. The maximum Gasteiger partial charge on any atom is 0.223 e. The fraction of sp³-hybridized carbons (Fsp3) is 0.385. The van der Waals surface area contributed by atoms with E-state index < -0.39 is 0 Å². The number of aromatic amines is 1. The molecular formula is C26H31ClN4O. The van der Waals surface area contributed by atoms with Crippen molar-refractivity contribution in [2.45, 2.75) is 45.1 Å². The number of benzene rings is 2. The van der Waals surface area contributed by atoms with E-state index in [1.54, 1.807) is 0 Å². The fourth-order valence-corrected chi connectivity index (χ4v) is 4.77. The van der Waals surface area contributed by atoms with Gasteiger partial charge in [0.15, 0.2) is 0 Å². The van der Waals surface area contributed by atoms with E-state index in [-0.39, 0.29) is 17.9 Å². The Balaban J connectivity index is 1.57. The summed E-state index contributed by atoms with van der Waals surface area (Å²) in [5.41, 5.74) is 9.75. The summed E-state index contributed by atoms with van der Waals surface area (Å²) in [6.07, 6.45) is 4.52. The van der Waals surface area contributed by atoms with E-state index in [4.69, 9.17) is 22.3 Å². The second kappa shape index (κ2) is 10.3. The smallest absolute Gasteiger partial charge is 0.223 e. The lowest BCUT2D eigenvalue weighted by Gasteiger charge is -2.28. The Morgan fingerprint density at radius 3 is 2.59 bits per heavy atom. The van der Waals surface area contributed by atoms with Crippen LogP contribution in [0.15, 0.2) is 54.6 Å². The Morgan fingerprint density at radius 1 is 1.16 bits per heavy atom. The number of hydrogen-bond acceptors (Lipinski definition) is 3. The number of halogens is 1. The van der Waals surface area contributed by atoms with Crippen molar-refractivity contribution in [1.29, 1.82) is 0 Å². The zero-order chi connectivity index (χ0) is 22.5. The second-order valence-electron chi connectivity index (χ2n) is 8.81. The predicted octanol–water partition coefficient (Wildman–Crippen LogP) is 5.20. The van der Waals surface area contributed by atoms with Gasteiger partial charge in [0.1, 0.15) is 5.82 Å². The van der Waals surface area contributed by atoms with Crippen molar-refractivity contribution in [1.82, 2.24) is 15.3 Å². The number of rotatable bonds is 7. The van der Waals surface area contributed by atoms with Crippen LogP contribution in [0.2, 0.25) is 5.02 Å². The van der Waals surface area contributed by atoms with Gasteiger partial charge in [-0.3, -0.25) is 4.79 Å². The molecule has 1 aliphatic carbocycles. The normalized spacial score (nSPS) is 19.5. The molecule has 0 saturated heterocycles. The Labute approximate surface area is 194 Å². The maximum atomic E-state index is 13.2. The molecule has 0 unspecified atom stereocenters. The van der Waals surface area contributed by atoms with Crippen LogP contribution in [0, 0.1) is 18.8 Å². The largest absolute Gasteiger partial charge is 0.346 e. The molecule has 2 aromatic carbocycles. The van der Waals surface area contributed by atoms with Gasteiger partial charge >= 0.3 is 0 Å². The van der Waals surface area contributed by atoms with Crippen molar-refractivity contribution < 1.29 is 4.79 Å². The number of nitrogens with zero attached hydrogens (tertiary/aromatic N) is 1.